The molecule has 1 aliphatic heterocycles. The predicted octanol–water partition coefficient (Wildman–Crippen LogP) is 5.64. The van der Waals surface area contributed by atoms with Gasteiger partial charge in [0.1, 0.15) is 17.5 Å². The largest absolute Gasteiger partial charge is 0.353 e. The summed E-state index contributed by atoms with van der Waals surface area (Å²) in [5.74, 6) is -0.484. The number of ketones is 1. The van der Waals surface area contributed by atoms with Crippen molar-refractivity contribution in [2.75, 3.05) is 25.5 Å². The fourth-order valence-electron chi connectivity index (χ4n) is 6.38. The first kappa shape index (κ1) is 28.7. The molecule has 0 spiro atoms. The van der Waals surface area contributed by atoms with Crippen LogP contribution in [0.2, 0.25) is 0 Å². The van der Waals surface area contributed by atoms with Crippen LogP contribution in [0.4, 0.5) is 15.8 Å². The lowest BCUT2D eigenvalue weighted by atomic mass is 9.98. The molecule has 8 nitrogen and oxygen atoms in total. The molecular formula is C36H34FN5O3. The van der Waals surface area contributed by atoms with E-state index in [9.17, 15) is 14.4 Å². The molecule has 1 saturated heterocycles. The van der Waals surface area contributed by atoms with Crippen LogP contribution in [0.3, 0.4) is 0 Å². The van der Waals surface area contributed by atoms with E-state index in [0.717, 1.165) is 47.3 Å². The standard InChI is InChI=1S/C36H34FN5O3/c1-40-17-16-38-35(44)33(40)22-6-10-25(11-7-22)39-30-13-15-31(42(3)36(30)45)24-9-14-32-27(18-24)28(20-41(32)2)34(43)26-12-8-23(19-29(26)37)21-4-5-21/h6-15,18-21,33,39H,4-5,16-17H2,1-3H3,(H,38,44). The minimum Gasteiger partial charge on any atom is -0.353 e. The minimum absolute atomic E-state index is 0.0196. The molecule has 0 radical (unpaired) electrons. The van der Waals surface area contributed by atoms with Gasteiger partial charge in [-0.3, -0.25) is 19.3 Å². The quantitative estimate of drug-likeness (QED) is 0.235. The first-order valence-electron chi connectivity index (χ1n) is 15.2. The average molecular weight is 604 g/mol. The van der Waals surface area contributed by atoms with Crippen molar-refractivity contribution >= 4 is 34.0 Å². The molecule has 7 rings (SSSR count). The van der Waals surface area contributed by atoms with Crippen molar-refractivity contribution in [1.82, 2.24) is 19.4 Å². The fraction of sp³-hybridized carbons (Fsp3) is 0.250. The lowest BCUT2D eigenvalue weighted by Gasteiger charge is -2.32. The Balaban J connectivity index is 1.16. The SMILES string of the molecule is CN1CCNC(=O)C1c1ccc(Nc2ccc(-c3ccc4c(c3)c(C(=O)c3ccc(C5CC5)cc3F)cn4C)n(C)c2=O)cc1. The van der Waals surface area contributed by atoms with E-state index in [1.165, 1.54) is 6.07 Å². The molecule has 3 aromatic carbocycles. The number of halogens is 1. The van der Waals surface area contributed by atoms with Gasteiger partial charge < -0.3 is 19.8 Å². The summed E-state index contributed by atoms with van der Waals surface area (Å²) in [6.07, 6.45) is 3.86. The Hall–Kier alpha value is -5.02. The molecule has 3 heterocycles. The first-order chi connectivity index (χ1) is 21.7. The molecule has 2 fully saturated rings. The number of hydrogen-bond acceptors (Lipinski definition) is 5. The number of amides is 1. The summed E-state index contributed by atoms with van der Waals surface area (Å²) in [5, 5.41) is 6.81. The van der Waals surface area contributed by atoms with Gasteiger partial charge in [0.15, 0.2) is 5.78 Å². The molecule has 2 aliphatic rings. The van der Waals surface area contributed by atoms with E-state index < -0.39 is 5.82 Å². The molecule has 1 unspecified atom stereocenters. The van der Waals surface area contributed by atoms with E-state index in [2.05, 4.69) is 10.6 Å². The summed E-state index contributed by atoms with van der Waals surface area (Å²) in [6.45, 7) is 1.41. The van der Waals surface area contributed by atoms with Crippen molar-refractivity contribution in [3.05, 3.63) is 117 Å². The fourth-order valence-corrected chi connectivity index (χ4v) is 6.38. The third-order valence-corrected chi connectivity index (χ3v) is 9.08. The molecule has 2 N–H and O–H groups in total. The zero-order chi connectivity index (χ0) is 31.4. The number of aryl methyl sites for hydroxylation is 1. The molecule has 1 atom stereocenters. The van der Waals surface area contributed by atoms with Crippen molar-refractivity contribution < 1.29 is 14.0 Å². The van der Waals surface area contributed by atoms with E-state index in [1.54, 1.807) is 29.9 Å². The van der Waals surface area contributed by atoms with Crippen molar-refractivity contribution in [3.8, 4) is 11.3 Å². The topological polar surface area (TPSA) is 88.4 Å². The number of carbonyl (C=O) groups excluding carboxylic acids is 2. The van der Waals surface area contributed by atoms with Crippen molar-refractivity contribution in [1.29, 1.82) is 0 Å². The van der Waals surface area contributed by atoms with Crippen LogP contribution in [0.1, 0.15) is 51.8 Å². The van der Waals surface area contributed by atoms with Gasteiger partial charge in [-0.2, -0.15) is 0 Å². The highest BCUT2D eigenvalue weighted by molar-refractivity contribution is 6.17. The minimum atomic E-state index is -0.496. The number of fused-ring (bicyclic) bond motifs is 1. The van der Waals surface area contributed by atoms with Gasteiger partial charge in [-0.1, -0.05) is 24.3 Å². The van der Waals surface area contributed by atoms with Crippen molar-refractivity contribution in [2.24, 2.45) is 14.1 Å². The molecule has 1 saturated carbocycles. The normalized spacial score (nSPS) is 17.0. The van der Waals surface area contributed by atoms with Crippen molar-refractivity contribution in [2.45, 2.75) is 24.8 Å². The van der Waals surface area contributed by atoms with Gasteiger partial charge in [-0.25, -0.2) is 4.39 Å². The molecule has 2 aromatic heterocycles. The van der Waals surface area contributed by atoms with E-state index in [0.29, 0.717) is 34.8 Å². The number of nitrogens with one attached hydrogen (secondary N) is 2. The van der Waals surface area contributed by atoms with Gasteiger partial charge in [0, 0.05) is 55.5 Å². The molecule has 228 valence electrons. The molecule has 0 bridgehead atoms. The van der Waals surface area contributed by atoms with Gasteiger partial charge in [0.25, 0.3) is 5.56 Å². The molecule has 1 amide bonds. The number of rotatable bonds is 7. The summed E-state index contributed by atoms with van der Waals surface area (Å²) in [7, 11) is 5.50. The van der Waals surface area contributed by atoms with E-state index >= 15 is 4.39 Å². The van der Waals surface area contributed by atoms with Crippen LogP contribution in [0.5, 0.6) is 0 Å². The lowest BCUT2D eigenvalue weighted by Crippen LogP contribution is -2.48. The maximum absolute atomic E-state index is 15.1. The number of pyridine rings is 1. The molecule has 45 heavy (non-hydrogen) atoms. The Kier molecular flexibility index (Phi) is 7.13. The zero-order valence-corrected chi connectivity index (χ0v) is 25.4. The Morgan fingerprint density at radius 2 is 1.64 bits per heavy atom. The highest BCUT2D eigenvalue weighted by atomic mass is 19.1. The van der Waals surface area contributed by atoms with Crippen molar-refractivity contribution in [3.63, 3.8) is 0 Å². The van der Waals surface area contributed by atoms with Crippen LogP contribution < -0.4 is 16.2 Å². The lowest BCUT2D eigenvalue weighted by molar-refractivity contribution is -0.128. The Labute approximate surface area is 260 Å². The summed E-state index contributed by atoms with van der Waals surface area (Å²) in [6, 6.07) is 21.5. The second-order valence-corrected chi connectivity index (χ2v) is 12.1. The van der Waals surface area contributed by atoms with Crippen LogP contribution >= 0.6 is 0 Å². The number of likely N-dealkylation sites (N-methyl/N-ethyl adjacent to an activating group) is 1. The summed E-state index contributed by atoms with van der Waals surface area (Å²) in [4.78, 5) is 41.5. The van der Waals surface area contributed by atoms with Gasteiger partial charge in [0.05, 0.1) is 11.3 Å². The first-order valence-corrected chi connectivity index (χ1v) is 15.2. The molecule has 1 aliphatic carbocycles. The number of benzene rings is 3. The van der Waals surface area contributed by atoms with Gasteiger partial charge in [-0.05, 0) is 91.0 Å². The third-order valence-electron chi connectivity index (χ3n) is 9.08. The molecule has 5 aromatic rings. The van der Waals surface area contributed by atoms with Gasteiger partial charge >= 0.3 is 0 Å². The second-order valence-electron chi connectivity index (χ2n) is 12.1. The number of anilines is 2. The highest BCUT2D eigenvalue weighted by Gasteiger charge is 2.28. The van der Waals surface area contributed by atoms with Crippen LogP contribution in [0.15, 0.2) is 83.8 Å². The second kappa shape index (κ2) is 11.2. The number of nitrogens with zero attached hydrogens (tertiary/aromatic N) is 3. The summed E-state index contributed by atoms with van der Waals surface area (Å²) >= 11 is 0. The highest BCUT2D eigenvalue weighted by Crippen LogP contribution is 2.40. The number of aromatic nitrogens is 2. The zero-order valence-electron chi connectivity index (χ0n) is 25.4. The summed E-state index contributed by atoms with van der Waals surface area (Å²) in [5.41, 5.74) is 5.49. The van der Waals surface area contributed by atoms with Crippen LogP contribution in [-0.4, -0.2) is 45.9 Å². The monoisotopic (exact) mass is 603 g/mol. The number of carbonyl (C=O) groups is 2. The van der Waals surface area contributed by atoms with E-state index in [-0.39, 0.29) is 28.9 Å². The maximum Gasteiger partial charge on any atom is 0.274 e. The average Bonchev–Trinajstić information content (AvgIpc) is 3.83. The number of piperazine rings is 1. The van der Waals surface area contributed by atoms with Crippen LogP contribution in [0, 0.1) is 5.82 Å². The van der Waals surface area contributed by atoms with E-state index in [1.807, 2.05) is 78.2 Å². The number of hydrogen-bond donors (Lipinski definition) is 2. The van der Waals surface area contributed by atoms with E-state index in [4.69, 9.17) is 0 Å². The molecular weight excluding hydrogens is 569 g/mol. The van der Waals surface area contributed by atoms with Gasteiger partial charge in [0.2, 0.25) is 5.91 Å². The molecule has 9 heteroatoms. The summed E-state index contributed by atoms with van der Waals surface area (Å²) < 4.78 is 18.5. The predicted molar refractivity (Wildman–Crippen MR) is 174 cm³/mol. The Morgan fingerprint density at radius 3 is 2.36 bits per heavy atom. The maximum atomic E-state index is 15.1. The Morgan fingerprint density at radius 1 is 0.889 bits per heavy atom. The smallest absolute Gasteiger partial charge is 0.274 e. The third kappa shape index (κ3) is 5.23. The van der Waals surface area contributed by atoms with Crippen LogP contribution in [-0.2, 0) is 18.9 Å². The van der Waals surface area contributed by atoms with Crippen LogP contribution in [0.25, 0.3) is 22.2 Å². The Bertz CT molecular complexity index is 2040. The van der Waals surface area contributed by atoms with Gasteiger partial charge in [-0.15, -0.1) is 0 Å².